The first-order valence-corrected chi connectivity index (χ1v) is 3.74. The summed E-state index contributed by atoms with van der Waals surface area (Å²) >= 11 is 0. The molecular formula is C8H11N3. The van der Waals surface area contributed by atoms with Crippen molar-refractivity contribution in [2.45, 2.75) is 6.42 Å². The third-order valence-electron chi connectivity index (χ3n) is 1.93. The Labute approximate surface area is 65.7 Å². The zero-order valence-electron chi connectivity index (χ0n) is 6.25. The minimum atomic E-state index is 0.924. The van der Waals surface area contributed by atoms with Gasteiger partial charge in [0.1, 0.15) is 0 Å². The first-order chi connectivity index (χ1) is 5.38. The molecule has 2 rings (SSSR count). The van der Waals surface area contributed by atoms with Gasteiger partial charge in [-0.15, -0.1) is 0 Å². The van der Waals surface area contributed by atoms with Gasteiger partial charge in [-0.1, -0.05) is 18.2 Å². The Kier molecular flexibility index (Phi) is 1.52. The first kappa shape index (κ1) is 6.64. The van der Waals surface area contributed by atoms with E-state index >= 15 is 0 Å². The molecule has 0 unspecified atom stereocenters. The zero-order chi connectivity index (χ0) is 7.68. The van der Waals surface area contributed by atoms with Gasteiger partial charge in [-0.3, -0.25) is 0 Å². The highest BCUT2D eigenvalue weighted by Gasteiger charge is 2.11. The maximum atomic E-state index is 5.67. The van der Waals surface area contributed by atoms with Gasteiger partial charge in [0.25, 0.3) is 0 Å². The Hall–Kier alpha value is -1.06. The van der Waals surface area contributed by atoms with E-state index in [9.17, 15) is 0 Å². The molecule has 0 radical (unpaired) electrons. The molecule has 58 valence electrons. The lowest BCUT2D eigenvalue weighted by atomic mass is 10.1. The van der Waals surface area contributed by atoms with E-state index in [2.05, 4.69) is 11.5 Å². The highest BCUT2D eigenvalue weighted by molar-refractivity contribution is 5.52. The van der Waals surface area contributed by atoms with Gasteiger partial charge in [0, 0.05) is 6.54 Å². The second-order valence-corrected chi connectivity index (χ2v) is 2.66. The summed E-state index contributed by atoms with van der Waals surface area (Å²) in [6, 6.07) is 8.15. The lowest BCUT2D eigenvalue weighted by molar-refractivity contribution is 0.610. The van der Waals surface area contributed by atoms with Crippen molar-refractivity contribution >= 4 is 5.69 Å². The van der Waals surface area contributed by atoms with E-state index in [4.69, 9.17) is 5.84 Å². The standard InChI is InChI=1S/C8H11N3/c9-11-8-4-2-1-3-7(8)5-6-10-11/h1-4,10H,5-6,9H2. The van der Waals surface area contributed by atoms with Crippen molar-refractivity contribution in [3.05, 3.63) is 29.8 Å². The first-order valence-electron chi connectivity index (χ1n) is 3.74. The van der Waals surface area contributed by atoms with E-state index in [1.54, 1.807) is 5.12 Å². The van der Waals surface area contributed by atoms with Gasteiger partial charge in [0.15, 0.2) is 0 Å². The van der Waals surface area contributed by atoms with Crippen LogP contribution >= 0.6 is 0 Å². The summed E-state index contributed by atoms with van der Waals surface area (Å²) in [4.78, 5) is 0. The number of nitrogens with two attached hydrogens (primary N) is 1. The fraction of sp³-hybridized carbons (Fsp3) is 0.250. The monoisotopic (exact) mass is 149 g/mol. The predicted molar refractivity (Wildman–Crippen MR) is 44.8 cm³/mol. The summed E-state index contributed by atoms with van der Waals surface area (Å²) in [7, 11) is 0. The van der Waals surface area contributed by atoms with Crippen LogP contribution in [0, 0.1) is 0 Å². The summed E-state index contributed by atoms with van der Waals surface area (Å²) in [5.74, 6) is 5.67. The molecule has 11 heavy (non-hydrogen) atoms. The van der Waals surface area contributed by atoms with Crippen LogP contribution in [0.2, 0.25) is 0 Å². The molecule has 1 aliphatic heterocycles. The van der Waals surface area contributed by atoms with E-state index < -0.39 is 0 Å². The van der Waals surface area contributed by atoms with Gasteiger partial charge in [0.05, 0.1) is 5.69 Å². The van der Waals surface area contributed by atoms with Crippen LogP contribution < -0.4 is 16.4 Å². The number of hydrazine groups is 2. The van der Waals surface area contributed by atoms with E-state index in [-0.39, 0.29) is 0 Å². The van der Waals surface area contributed by atoms with Crippen molar-refractivity contribution in [1.82, 2.24) is 5.43 Å². The van der Waals surface area contributed by atoms with Crippen molar-refractivity contribution in [2.24, 2.45) is 5.84 Å². The number of fused-ring (bicyclic) bond motifs is 1. The number of nitrogens with zero attached hydrogens (tertiary/aromatic N) is 1. The Morgan fingerprint density at radius 1 is 1.36 bits per heavy atom. The van der Waals surface area contributed by atoms with Gasteiger partial charge < -0.3 is 0 Å². The largest absolute Gasteiger partial charge is 0.244 e. The molecule has 0 bridgehead atoms. The Morgan fingerprint density at radius 3 is 3.00 bits per heavy atom. The van der Waals surface area contributed by atoms with Gasteiger partial charge in [-0.25, -0.2) is 16.4 Å². The molecule has 3 nitrogen and oxygen atoms in total. The topological polar surface area (TPSA) is 41.3 Å². The summed E-state index contributed by atoms with van der Waals surface area (Å²) < 4.78 is 0. The van der Waals surface area contributed by atoms with Crippen LogP contribution in [0.4, 0.5) is 5.69 Å². The summed E-state index contributed by atoms with van der Waals surface area (Å²) in [5.41, 5.74) is 5.45. The van der Waals surface area contributed by atoms with Crippen molar-refractivity contribution in [2.75, 3.05) is 11.7 Å². The van der Waals surface area contributed by atoms with Crippen molar-refractivity contribution in [1.29, 1.82) is 0 Å². The average molecular weight is 149 g/mol. The number of rotatable bonds is 0. The number of para-hydroxylation sites is 1. The van der Waals surface area contributed by atoms with Gasteiger partial charge in [-0.2, -0.15) is 0 Å². The summed E-state index contributed by atoms with van der Waals surface area (Å²) in [5, 5.41) is 1.58. The van der Waals surface area contributed by atoms with Crippen molar-refractivity contribution < 1.29 is 0 Å². The molecular weight excluding hydrogens is 138 g/mol. The zero-order valence-corrected chi connectivity index (χ0v) is 6.25. The molecule has 1 aromatic rings. The van der Waals surface area contributed by atoms with E-state index in [0.29, 0.717) is 0 Å². The number of hydrogen-bond donors (Lipinski definition) is 2. The smallest absolute Gasteiger partial charge is 0.0732 e. The SMILES string of the molecule is NN1NCCc2ccccc21. The molecule has 0 amide bonds. The molecule has 0 aromatic heterocycles. The third-order valence-corrected chi connectivity index (χ3v) is 1.93. The fourth-order valence-corrected chi connectivity index (χ4v) is 1.35. The van der Waals surface area contributed by atoms with Crippen LogP contribution in [0.15, 0.2) is 24.3 Å². The van der Waals surface area contributed by atoms with Crippen LogP contribution in [-0.2, 0) is 6.42 Å². The molecule has 0 atom stereocenters. The lowest BCUT2D eigenvalue weighted by Gasteiger charge is -2.27. The Bertz CT molecular complexity index is 259. The van der Waals surface area contributed by atoms with Crippen molar-refractivity contribution in [3.63, 3.8) is 0 Å². The number of nitrogens with one attached hydrogen (secondary N) is 1. The molecule has 0 spiro atoms. The molecule has 0 saturated carbocycles. The predicted octanol–water partition coefficient (Wildman–Crippen LogP) is 0.427. The summed E-state index contributed by atoms with van der Waals surface area (Å²) in [6.45, 7) is 0.924. The van der Waals surface area contributed by atoms with Crippen LogP contribution in [-0.4, -0.2) is 6.54 Å². The lowest BCUT2D eigenvalue weighted by Crippen LogP contribution is -2.48. The molecule has 3 heteroatoms. The minimum Gasteiger partial charge on any atom is -0.244 e. The van der Waals surface area contributed by atoms with Crippen molar-refractivity contribution in [3.8, 4) is 0 Å². The molecule has 0 saturated heterocycles. The maximum absolute atomic E-state index is 5.67. The highest BCUT2D eigenvalue weighted by Crippen LogP contribution is 2.19. The van der Waals surface area contributed by atoms with Crippen LogP contribution in [0.5, 0.6) is 0 Å². The number of anilines is 1. The Morgan fingerprint density at radius 2 is 2.18 bits per heavy atom. The second-order valence-electron chi connectivity index (χ2n) is 2.66. The van der Waals surface area contributed by atoms with Gasteiger partial charge in [0.2, 0.25) is 0 Å². The second kappa shape index (κ2) is 2.53. The molecule has 1 aliphatic rings. The molecule has 3 N–H and O–H groups in total. The van der Waals surface area contributed by atoms with Crippen LogP contribution in [0.25, 0.3) is 0 Å². The maximum Gasteiger partial charge on any atom is 0.0732 e. The van der Waals surface area contributed by atoms with Crippen LogP contribution in [0.3, 0.4) is 0 Å². The number of benzene rings is 1. The average Bonchev–Trinajstić information content (AvgIpc) is 2.06. The molecule has 0 aliphatic carbocycles. The third kappa shape index (κ3) is 1.08. The van der Waals surface area contributed by atoms with E-state index in [0.717, 1.165) is 18.7 Å². The fourth-order valence-electron chi connectivity index (χ4n) is 1.35. The molecule has 1 heterocycles. The van der Waals surface area contributed by atoms with Gasteiger partial charge in [-0.05, 0) is 18.1 Å². The Balaban J connectivity index is 2.44. The highest BCUT2D eigenvalue weighted by atomic mass is 15.7. The van der Waals surface area contributed by atoms with Gasteiger partial charge >= 0.3 is 0 Å². The minimum absolute atomic E-state index is 0.924. The molecule has 0 fully saturated rings. The molecule has 1 aromatic carbocycles. The van der Waals surface area contributed by atoms with Crippen LogP contribution in [0.1, 0.15) is 5.56 Å². The number of hydrogen-bond acceptors (Lipinski definition) is 3. The van der Waals surface area contributed by atoms with E-state index in [1.807, 2.05) is 18.2 Å². The normalized spacial score (nSPS) is 16.3. The van der Waals surface area contributed by atoms with E-state index in [1.165, 1.54) is 5.56 Å². The quantitative estimate of drug-likeness (QED) is 0.525. The summed E-state index contributed by atoms with van der Waals surface area (Å²) in [6.07, 6.45) is 1.06.